The third-order valence-electron chi connectivity index (χ3n) is 4.51. The number of aromatic hydroxyl groups is 1. The number of hydrogen-bond acceptors (Lipinski definition) is 3. The first-order chi connectivity index (χ1) is 13.0. The minimum atomic E-state index is -2.66. The Morgan fingerprint density at radius 1 is 1.22 bits per heavy atom. The van der Waals surface area contributed by atoms with Crippen LogP contribution < -0.4 is 10.1 Å². The van der Waals surface area contributed by atoms with E-state index in [-0.39, 0.29) is 31.9 Å². The highest BCUT2D eigenvalue weighted by Crippen LogP contribution is 2.27. The highest BCUT2D eigenvalue weighted by Gasteiger charge is 2.26. The fourth-order valence-electron chi connectivity index (χ4n) is 3.03. The zero-order valence-electron chi connectivity index (χ0n) is 14.8. The molecule has 144 valence electrons. The predicted molar refractivity (Wildman–Crippen MR) is 97.1 cm³/mol. The van der Waals surface area contributed by atoms with Crippen LogP contribution in [0.4, 0.5) is 13.6 Å². The Morgan fingerprint density at radius 2 is 2.00 bits per heavy atom. The minimum absolute atomic E-state index is 0.0629. The Morgan fingerprint density at radius 3 is 2.74 bits per heavy atom. The summed E-state index contributed by atoms with van der Waals surface area (Å²) in [5.41, 5.74) is 1.59. The molecular weight excluding hydrogens is 354 g/mol. The van der Waals surface area contributed by atoms with E-state index in [2.05, 4.69) is 5.32 Å². The van der Waals surface area contributed by atoms with Crippen LogP contribution in [0.1, 0.15) is 17.5 Å². The topological polar surface area (TPSA) is 61.8 Å². The fraction of sp³-hybridized carbons (Fsp3) is 0.350. The lowest BCUT2D eigenvalue weighted by atomic mass is 10.1. The molecule has 2 amide bonds. The van der Waals surface area contributed by atoms with E-state index in [0.29, 0.717) is 17.7 Å². The summed E-state index contributed by atoms with van der Waals surface area (Å²) >= 11 is 0. The summed E-state index contributed by atoms with van der Waals surface area (Å²) in [6.07, 6.45) is -2.05. The molecule has 2 aromatic rings. The Balaban J connectivity index is 1.63. The number of benzene rings is 2. The molecule has 1 unspecified atom stereocenters. The Hall–Kier alpha value is -2.83. The van der Waals surface area contributed by atoms with E-state index < -0.39 is 18.5 Å². The summed E-state index contributed by atoms with van der Waals surface area (Å²) in [5, 5.41) is 12.1. The van der Waals surface area contributed by atoms with Crippen LogP contribution in [-0.4, -0.2) is 41.7 Å². The van der Waals surface area contributed by atoms with Crippen LogP contribution in [0.15, 0.2) is 48.5 Å². The number of halogens is 2. The first-order valence-corrected chi connectivity index (χ1v) is 8.85. The smallest absolute Gasteiger partial charge is 0.318 e. The molecule has 0 fully saturated rings. The van der Waals surface area contributed by atoms with Crippen LogP contribution in [0.5, 0.6) is 11.5 Å². The summed E-state index contributed by atoms with van der Waals surface area (Å²) in [6, 6.07) is 12.2. The highest BCUT2D eigenvalue weighted by molar-refractivity contribution is 5.74. The maximum absolute atomic E-state index is 13.4. The maximum Gasteiger partial charge on any atom is 0.318 e. The van der Waals surface area contributed by atoms with Crippen LogP contribution in [0.25, 0.3) is 0 Å². The number of ether oxygens (including phenoxy) is 1. The number of fused-ring (bicyclic) bond motifs is 1. The van der Waals surface area contributed by atoms with E-state index >= 15 is 0 Å². The number of phenols is 1. The summed E-state index contributed by atoms with van der Waals surface area (Å²) in [5.74, 6) is 0.644. The number of amides is 2. The minimum Gasteiger partial charge on any atom is -0.508 e. The molecule has 1 aliphatic rings. The highest BCUT2D eigenvalue weighted by atomic mass is 19.3. The van der Waals surface area contributed by atoms with Crippen LogP contribution in [-0.2, 0) is 13.0 Å². The molecular formula is C20H22F2N2O3. The molecule has 0 aliphatic carbocycles. The van der Waals surface area contributed by atoms with Crippen molar-refractivity contribution in [3.63, 3.8) is 0 Å². The Labute approximate surface area is 156 Å². The lowest BCUT2D eigenvalue weighted by Gasteiger charge is -2.25. The second-order valence-electron chi connectivity index (χ2n) is 6.48. The van der Waals surface area contributed by atoms with Crippen molar-refractivity contribution in [2.24, 2.45) is 0 Å². The molecule has 0 aromatic heterocycles. The predicted octanol–water partition coefficient (Wildman–Crippen LogP) is 3.56. The van der Waals surface area contributed by atoms with Crippen molar-refractivity contribution in [3.05, 3.63) is 59.7 Å². The molecule has 0 saturated carbocycles. The quantitative estimate of drug-likeness (QED) is 0.839. The lowest BCUT2D eigenvalue weighted by Crippen LogP contribution is -2.48. The summed E-state index contributed by atoms with van der Waals surface area (Å²) < 4.78 is 32.4. The largest absolute Gasteiger partial charge is 0.508 e. The van der Waals surface area contributed by atoms with Gasteiger partial charge in [0.15, 0.2) is 0 Å². The molecule has 2 N–H and O–H groups in total. The van der Waals surface area contributed by atoms with Gasteiger partial charge in [-0.1, -0.05) is 30.3 Å². The van der Waals surface area contributed by atoms with Crippen molar-refractivity contribution in [1.82, 2.24) is 10.2 Å². The molecule has 0 radical (unpaired) electrons. The summed E-state index contributed by atoms with van der Waals surface area (Å²) in [6.45, 7) is 0.717. The number of rotatable bonds is 5. The van der Waals surface area contributed by atoms with Crippen molar-refractivity contribution in [2.75, 3.05) is 13.2 Å². The molecule has 0 saturated heterocycles. The Kier molecular flexibility index (Phi) is 6.11. The fourth-order valence-corrected chi connectivity index (χ4v) is 3.03. The molecule has 2 aromatic carbocycles. The van der Waals surface area contributed by atoms with Gasteiger partial charge in [0.25, 0.3) is 6.43 Å². The number of carbonyl (C=O) groups is 1. The maximum atomic E-state index is 13.4. The monoisotopic (exact) mass is 376 g/mol. The standard InChI is InChI=1S/C20H22F2N2O3/c21-19(22)17(8-6-14-4-2-1-3-5-14)23-20(26)24-10-11-27-18-9-7-16(25)12-15(18)13-24/h1-5,7,9,12,17,19,25H,6,8,10-11,13H2,(H,23,26). The third-order valence-corrected chi connectivity index (χ3v) is 4.51. The van der Waals surface area contributed by atoms with Crippen LogP contribution in [0.3, 0.4) is 0 Å². The zero-order valence-corrected chi connectivity index (χ0v) is 14.8. The van der Waals surface area contributed by atoms with Crippen molar-refractivity contribution >= 4 is 6.03 Å². The first-order valence-electron chi connectivity index (χ1n) is 8.85. The van der Waals surface area contributed by atoms with Gasteiger partial charge in [-0.2, -0.15) is 0 Å². The van der Waals surface area contributed by atoms with Gasteiger partial charge in [-0.15, -0.1) is 0 Å². The van der Waals surface area contributed by atoms with Gasteiger partial charge in [0.05, 0.1) is 19.1 Å². The SMILES string of the molecule is O=C(NC(CCc1ccccc1)C(F)F)N1CCOc2ccc(O)cc2C1. The number of urea groups is 1. The number of hydrogen-bond donors (Lipinski definition) is 2. The van der Waals surface area contributed by atoms with Gasteiger partial charge in [-0.05, 0) is 36.6 Å². The molecule has 1 heterocycles. The van der Waals surface area contributed by atoms with E-state index in [1.165, 1.54) is 17.0 Å². The molecule has 3 rings (SSSR count). The van der Waals surface area contributed by atoms with Gasteiger partial charge in [-0.25, -0.2) is 13.6 Å². The number of nitrogens with one attached hydrogen (secondary N) is 1. The van der Waals surface area contributed by atoms with Gasteiger partial charge in [0.2, 0.25) is 0 Å². The second kappa shape index (κ2) is 8.70. The van der Waals surface area contributed by atoms with E-state index in [9.17, 15) is 18.7 Å². The zero-order chi connectivity index (χ0) is 19.2. The average Bonchev–Trinajstić information content (AvgIpc) is 2.87. The van der Waals surface area contributed by atoms with Gasteiger partial charge >= 0.3 is 6.03 Å². The van der Waals surface area contributed by atoms with Crippen LogP contribution >= 0.6 is 0 Å². The van der Waals surface area contributed by atoms with Gasteiger partial charge in [-0.3, -0.25) is 0 Å². The van der Waals surface area contributed by atoms with Gasteiger partial charge in [0.1, 0.15) is 18.1 Å². The van der Waals surface area contributed by atoms with Crippen molar-refractivity contribution in [2.45, 2.75) is 31.9 Å². The van der Waals surface area contributed by atoms with E-state index in [0.717, 1.165) is 5.56 Å². The molecule has 7 heteroatoms. The summed E-state index contributed by atoms with van der Waals surface area (Å²) in [7, 11) is 0. The molecule has 5 nitrogen and oxygen atoms in total. The molecule has 0 spiro atoms. The van der Waals surface area contributed by atoms with Crippen molar-refractivity contribution in [3.8, 4) is 11.5 Å². The second-order valence-corrected chi connectivity index (χ2v) is 6.48. The molecule has 0 bridgehead atoms. The summed E-state index contributed by atoms with van der Waals surface area (Å²) in [4.78, 5) is 14.0. The normalized spacial score (nSPS) is 14.9. The molecule has 1 atom stereocenters. The van der Waals surface area contributed by atoms with Gasteiger partial charge < -0.3 is 20.1 Å². The Bertz CT molecular complexity index is 771. The van der Waals surface area contributed by atoms with Crippen LogP contribution in [0, 0.1) is 0 Å². The van der Waals surface area contributed by atoms with E-state index in [1.807, 2.05) is 30.3 Å². The van der Waals surface area contributed by atoms with Crippen molar-refractivity contribution in [1.29, 1.82) is 0 Å². The average molecular weight is 376 g/mol. The number of alkyl halides is 2. The third kappa shape index (κ3) is 5.09. The first kappa shape index (κ1) is 18.9. The van der Waals surface area contributed by atoms with Crippen LogP contribution in [0.2, 0.25) is 0 Å². The molecule has 27 heavy (non-hydrogen) atoms. The molecule has 1 aliphatic heterocycles. The van der Waals surface area contributed by atoms with E-state index in [4.69, 9.17) is 4.74 Å². The number of phenolic OH excluding ortho intramolecular Hbond substituents is 1. The lowest BCUT2D eigenvalue weighted by molar-refractivity contribution is 0.0918. The number of nitrogens with zero attached hydrogens (tertiary/aromatic N) is 1. The van der Waals surface area contributed by atoms with Gasteiger partial charge in [0, 0.05) is 5.56 Å². The van der Waals surface area contributed by atoms with E-state index in [1.54, 1.807) is 6.07 Å². The van der Waals surface area contributed by atoms with Crippen molar-refractivity contribution < 1.29 is 23.4 Å². The number of aryl methyl sites for hydroxylation is 1. The number of carbonyl (C=O) groups excluding carboxylic acids is 1.